The van der Waals surface area contributed by atoms with Gasteiger partial charge in [-0.25, -0.2) is 9.18 Å². The first-order valence-electron chi connectivity index (χ1n) is 9.09. The highest BCUT2D eigenvalue weighted by atomic mass is 32.2. The van der Waals surface area contributed by atoms with Crippen LogP contribution < -0.4 is 10.3 Å². The van der Waals surface area contributed by atoms with Crippen molar-refractivity contribution in [3.63, 3.8) is 0 Å². The number of carboxylic acids is 1. The van der Waals surface area contributed by atoms with Crippen LogP contribution in [-0.2, 0) is 16.7 Å². The maximum Gasteiger partial charge on any atom is 0.341 e. The Kier molecular flexibility index (Phi) is 6.41. The molecule has 4 rings (SSSR count). The molecule has 0 saturated carbocycles. The highest BCUT2D eigenvalue weighted by Crippen LogP contribution is 2.41. The minimum Gasteiger partial charge on any atom is -0.477 e. The number of likely N-dealkylation sites (N-methyl/N-ethyl adjacent to an activating group) is 1. The monoisotopic (exact) mass is 459 g/mol. The number of anilines is 1. The number of aromatic carboxylic acids is 1. The molecule has 0 atom stereocenters. The summed E-state index contributed by atoms with van der Waals surface area (Å²) < 4.78 is 42.6. The zero-order valence-corrected chi connectivity index (χ0v) is 18.1. The van der Waals surface area contributed by atoms with Crippen LogP contribution >= 0.6 is 11.8 Å². The van der Waals surface area contributed by atoms with Gasteiger partial charge < -0.3 is 19.5 Å². The Hall–Kier alpha value is -2.15. The van der Waals surface area contributed by atoms with Gasteiger partial charge in [-0.15, -0.1) is 11.8 Å². The number of hydrogen-bond acceptors (Lipinski definition) is 7. The van der Waals surface area contributed by atoms with Gasteiger partial charge in [-0.1, -0.05) is 0 Å². The minimum absolute atomic E-state index is 0.150. The lowest BCUT2D eigenvalue weighted by molar-refractivity contribution is 0.0694. The average molecular weight is 460 g/mol. The van der Waals surface area contributed by atoms with Crippen LogP contribution in [0.2, 0.25) is 0 Å². The minimum atomic E-state index is -3.67. The number of carboxylic acid groups (broad SMARTS) is 1. The molecule has 2 aliphatic heterocycles. The molecule has 0 radical (unpaired) electrons. The van der Waals surface area contributed by atoms with Crippen LogP contribution in [0.1, 0.15) is 10.4 Å². The van der Waals surface area contributed by atoms with Gasteiger partial charge in [0.25, 0.3) is 10.1 Å². The van der Waals surface area contributed by atoms with Gasteiger partial charge >= 0.3 is 5.97 Å². The van der Waals surface area contributed by atoms with Crippen molar-refractivity contribution in [3.05, 3.63) is 33.9 Å². The Bertz CT molecular complexity index is 1150. The number of rotatable bonds is 2. The van der Waals surface area contributed by atoms with E-state index in [1.807, 2.05) is 11.9 Å². The molecule has 0 unspecified atom stereocenters. The van der Waals surface area contributed by atoms with Crippen molar-refractivity contribution in [1.82, 2.24) is 9.47 Å². The van der Waals surface area contributed by atoms with Crippen LogP contribution in [0.5, 0.6) is 0 Å². The van der Waals surface area contributed by atoms with Crippen LogP contribution in [0, 0.1) is 5.82 Å². The number of aromatic nitrogens is 1. The molecule has 0 spiro atoms. The van der Waals surface area contributed by atoms with E-state index in [1.165, 1.54) is 24.0 Å². The van der Waals surface area contributed by atoms with E-state index in [0.29, 0.717) is 29.8 Å². The molecule has 1 aromatic carbocycles. The van der Waals surface area contributed by atoms with Gasteiger partial charge in [0.15, 0.2) is 0 Å². The van der Waals surface area contributed by atoms with Crippen molar-refractivity contribution in [2.24, 2.45) is 0 Å². The van der Waals surface area contributed by atoms with E-state index in [4.69, 9.17) is 4.55 Å². The Morgan fingerprint density at radius 1 is 1.20 bits per heavy atom. The first-order chi connectivity index (χ1) is 14.0. The molecule has 0 aliphatic carbocycles. The van der Waals surface area contributed by atoms with Gasteiger partial charge in [-0.3, -0.25) is 9.35 Å². The summed E-state index contributed by atoms with van der Waals surface area (Å²) >= 11 is 1.54. The molecule has 2 aliphatic rings. The molecule has 1 fully saturated rings. The van der Waals surface area contributed by atoms with Crippen molar-refractivity contribution in [3.8, 4) is 0 Å². The maximum absolute atomic E-state index is 15.0. The number of halogens is 1. The second kappa shape index (κ2) is 8.53. The van der Waals surface area contributed by atoms with Crippen molar-refractivity contribution in [2.75, 3.05) is 50.1 Å². The normalized spacial score (nSPS) is 16.9. The number of pyridine rings is 1. The number of nitrogens with zero attached hydrogens (tertiary/aromatic N) is 3. The molecule has 0 bridgehead atoms. The van der Waals surface area contributed by atoms with E-state index >= 15 is 0 Å². The first kappa shape index (κ1) is 22.5. The van der Waals surface area contributed by atoms with E-state index in [2.05, 4.69) is 4.90 Å². The fourth-order valence-electron chi connectivity index (χ4n) is 3.52. The van der Waals surface area contributed by atoms with E-state index in [1.54, 1.807) is 4.57 Å². The third kappa shape index (κ3) is 4.77. The molecule has 3 heterocycles. The average Bonchev–Trinajstić information content (AvgIpc) is 2.64. The third-order valence-corrected chi connectivity index (χ3v) is 5.93. The molecule has 164 valence electrons. The highest BCUT2D eigenvalue weighted by molar-refractivity contribution is 7.99. The standard InChI is InChI=1S/C17H18FN3O3S.CH4O3S/c1-19-2-4-20(5-3-19)14-12(18)8-10-13-16(14)25-7-6-21(13)9-11(15(10)22)17(23)24;1-5(2,3)4/h8-9H,2-7H2,1H3,(H,23,24);1H3,(H,2,3,4). The summed E-state index contributed by atoms with van der Waals surface area (Å²) in [6, 6.07) is 1.21. The fraction of sp³-hybridized carbons (Fsp3) is 0.444. The van der Waals surface area contributed by atoms with Gasteiger partial charge in [0.05, 0.1) is 27.7 Å². The number of benzene rings is 1. The SMILES string of the molecule is CN1CCN(c2c(F)cc3c(=O)c(C(=O)O)cn4c3c2SCC4)CC1.CS(=O)(=O)O. The molecule has 9 nitrogen and oxygen atoms in total. The topological polar surface area (TPSA) is 120 Å². The van der Waals surface area contributed by atoms with Crippen molar-refractivity contribution in [2.45, 2.75) is 11.4 Å². The van der Waals surface area contributed by atoms with Crippen molar-refractivity contribution >= 4 is 44.4 Å². The quantitative estimate of drug-likeness (QED) is 0.638. The fourth-order valence-corrected chi connectivity index (χ4v) is 4.74. The van der Waals surface area contributed by atoms with Crippen LogP contribution in [-0.4, -0.2) is 78.7 Å². The number of piperazine rings is 1. The summed E-state index contributed by atoms with van der Waals surface area (Å²) in [5, 5.41) is 9.41. The molecule has 2 aromatic rings. The Labute approximate surface area is 176 Å². The molecule has 30 heavy (non-hydrogen) atoms. The van der Waals surface area contributed by atoms with E-state index < -0.39 is 27.3 Å². The van der Waals surface area contributed by atoms with E-state index in [9.17, 15) is 27.5 Å². The zero-order chi connectivity index (χ0) is 22.2. The lowest BCUT2D eigenvalue weighted by atomic mass is 10.1. The highest BCUT2D eigenvalue weighted by Gasteiger charge is 2.28. The van der Waals surface area contributed by atoms with Crippen molar-refractivity contribution < 1.29 is 27.3 Å². The lowest BCUT2D eigenvalue weighted by Gasteiger charge is -2.36. The predicted molar refractivity (Wildman–Crippen MR) is 113 cm³/mol. The summed E-state index contributed by atoms with van der Waals surface area (Å²) in [5.41, 5.74) is 0.270. The van der Waals surface area contributed by atoms with E-state index in [-0.39, 0.29) is 10.9 Å². The molecule has 2 N–H and O–H groups in total. The zero-order valence-electron chi connectivity index (χ0n) is 16.5. The van der Waals surface area contributed by atoms with Gasteiger partial charge in [0, 0.05) is 44.7 Å². The lowest BCUT2D eigenvalue weighted by Crippen LogP contribution is -2.45. The van der Waals surface area contributed by atoms with Gasteiger partial charge in [-0.2, -0.15) is 8.42 Å². The predicted octanol–water partition coefficient (Wildman–Crippen LogP) is 1.20. The molecule has 12 heteroatoms. The summed E-state index contributed by atoms with van der Waals surface area (Å²) in [5.74, 6) is -1.01. The number of thioether (sulfide) groups is 1. The Morgan fingerprint density at radius 2 is 1.80 bits per heavy atom. The summed E-state index contributed by atoms with van der Waals surface area (Å²) in [7, 11) is -1.63. The van der Waals surface area contributed by atoms with Crippen LogP contribution in [0.15, 0.2) is 22.0 Å². The smallest absolute Gasteiger partial charge is 0.341 e. The van der Waals surface area contributed by atoms with Gasteiger partial charge in [-0.05, 0) is 13.1 Å². The maximum atomic E-state index is 15.0. The molecular weight excluding hydrogens is 437 g/mol. The second-order valence-corrected chi connectivity index (χ2v) is 9.75. The van der Waals surface area contributed by atoms with E-state index in [0.717, 1.165) is 31.1 Å². The Morgan fingerprint density at radius 3 is 2.37 bits per heavy atom. The summed E-state index contributed by atoms with van der Waals surface area (Å²) in [6.45, 7) is 3.76. The summed E-state index contributed by atoms with van der Waals surface area (Å²) in [6.07, 6.45) is 2.11. The number of carbonyl (C=O) groups is 1. The van der Waals surface area contributed by atoms with Crippen molar-refractivity contribution in [1.29, 1.82) is 0 Å². The van der Waals surface area contributed by atoms with Crippen LogP contribution in [0.3, 0.4) is 0 Å². The van der Waals surface area contributed by atoms with Gasteiger partial charge in [0.2, 0.25) is 5.43 Å². The Balaban J connectivity index is 0.000000461. The number of aryl methyl sites for hydroxylation is 1. The second-order valence-electron chi connectivity index (χ2n) is 7.17. The van der Waals surface area contributed by atoms with Gasteiger partial charge in [0.1, 0.15) is 11.4 Å². The molecule has 1 aromatic heterocycles. The van der Waals surface area contributed by atoms with Crippen LogP contribution in [0.25, 0.3) is 10.9 Å². The molecular formula is C18H22FN3O6S2. The number of hydrogen-bond donors (Lipinski definition) is 2. The third-order valence-electron chi connectivity index (χ3n) is 4.87. The molecule has 0 amide bonds. The summed E-state index contributed by atoms with van der Waals surface area (Å²) in [4.78, 5) is 28.8. The largest absolute Gasteiger partial charge is 0.477 e. The molecule has 1 saturated heterocycles. The first-order valence-corrected chi connectivity index (χ1v) is 11.9. The van der Waals surface area contributed by atoms with Crippen LogP contribution in [0.4, 0.5) is 10.1 Å².